The molecule has 0 aromatic heterocycles. The Hall–Kier alpha value is -1.79. The van der Waals surface area contributed by atoms with Crippen molar-refractivity contribution in [2.75, 3.05) is 44.2 Å². The molecule has 1 aromatic carbocycles. The van der Waals surface area contributed by atoms with E-state index in [2.05, 4.69) is 10.2 Å². The summed E-state index contributed by atoms with van der Waals surface area (Å²) in [5.41, 5.74) is 0.238. The smallest absolute Gasteiger partial charge is 0.238 e. The first kappa shape index (κ1) is 18.6. The first-order valence-electron chi connectivity index (χ1n) is 9.78. The topological polar surface area (TPSA) is 61.9 Å². The van der Waals surface area contributed by atoms with E-state index in [1.807, 2.05) is 29.2 Å². The average molecular weight is 392 g/mol. The second-order valence-corrected chi connectivity index (χ2v) is 8.12. The molecule has 1 N–H and O–H groups in total. The lowest BCUT2D eigenvalue weighted by atomic mass is 10.0. The molecule has 1 unspecified atom stereocenters. The fraction of sp³-hybridized carbons (Fsp3) is 0.600. The van der Waals surface area contributed by atoms with E-state index in [4.69, 9.17) is 16.3 Å². The van der Waals surface area contributed by atoms with E-state index in [1.165, 1.54) is 0 Å². The van der Waals surface area contributed by atoms with Crippen molar-refractivity contribution in [2.24, 2.45) is 5.41 Å². The van der Waals surface area contributed by atoms with Gasteiger partial charge in [0.15, 0.2) is 0 Å². The number of nitrogens with zero attached hydrogens (tertiary/aromatic N) is 2. The largest absolute Gasteiger partial charge is 0.376 e. The zero-order valence-electron chi connectivity index (χ0n) is 15.5. The van der Waals surface area contributed by atoms with Crippen molar-refractivity contribution in [3.8, 4) is 0 Å². The predicted molar refractivity (Wildman–Crippen MR) is 104 cm³/mol. The molecule has 0 spiro atoms. The molecule has 4 rings (SSSR count). The van der Waals surface area contributed by atoms with Gasteiger partial charge in [-0.05, 0) is 43.9 Å². The maximum Gasteiger partial charge on any atom is 0.238 e. The second kappa shape index (κ2) is 7.68. The SMILES string of the molecule is O=C(NCC1CCCO1)C1(C(=O)N2CCN(c3cccc(Cl)c3)CC2)CC1. The molecule has 27 heavy (non-hydrogen) atoms. The minimum atomic E-state index is -0.836. The number of carbonyl (C=O) groups excluding carboxylic acids is 2. The molecule has 1 atom stereocenters. The summed E-state index contributed by atoms with van der Waals surface area (Å²) in [6, 6.07) is 7.77. The van der Waals surface area contributed by atoms with E-state index < -0.39 is 5.41 Å². The standard InChI is InChI=1S/C20H26ClN3O3/c21-15-3-1-4-16(13-15)23-8-10-24(11-9-23)19(26)20(6-7-20)18(25)22-14-17-5-2-12-27-17/h1,3-4,13,17H,2,5-12,14H2,(H,22,25). The van der Waals surface area contributed by atoms with Crippen LogP contribution in [0.3, 0.4) is 0 Å². The molecule has 7 heteroatoms. The Balaban J connectivity index is 1.31. The highest BCUT2D eigenvalue weighted by Crippen LogP contribution is 2.47. The van der Waals surface area contributed by atoms with E-state index in [0.717, 1.165) is 38.2 Å². The van der Waals surface area contributed by atoms with Crippen LogP contribution in [0.2, 0.25) is 5.02 Å². The summed E-state index contributed by atoms with van der Waals surface area (Å²) in [5, 5.41) is 3.67. The first-order chi connectivity index (χ1) is 13.1. The van der Waals surface area contributed by atoms with Crippen LogP contribution in [0.15, 0.2) is 24.3 Å². The third kappa shape index (κ3) is 3.92. The zero-order valence-corrected chi connectivity index (χ0v) is 16.2. The number of nitrogens with one attached hydrogen (secondary N) is 1. The molecule has 3 fully saturated rings. The van der Waals surface area contributed by atoms with Crippen molar-refractivity contribution in [1.29, 1.82) is 0 Å². The molecule has 1 saturated carbocycles. The number of hydrogen-bond acceptors (Lipinski definition) is 4. The van der Waals surface area contributed by atoms with Gasteiger partial charge in [-0.1, -0.05) is 17.7 Å². The van der Waals surface area contributed by atoms with Gasteiger partial charge in [0.2, 0.25) is 11.8 Å². The van der Waals surface area contributed by atoms with Crippen LogP contribution < -0.4 is 10.2 Å². The Kier molecular flexibility index (Phi) is 5.28. The van der Waals surface area contributed by atoms with Crippen molar-refractivity contribution >= 4 is 29.1 Å². The highest BCUT2D eigenvalue weighted by molar-refractivity contribution is 6.30. The summed E-state index contributed by atoms with van der Waals surface area (Å²) in [6.45, 7) is 4.04. The van der Waals surface area contributed by atoms with Gasteiger partial charge in [0.05, 0.1) is 6.10 Å². The zero-order chi connectivity index (χ0) is 18.9. The molecule has 2 heterocycles. The Morgan fingerprint density at radius 1 is 1.22 bits per heavy atom. The second-order valence-electron chi connectivity index (χ2n) is 7.69. The fourth-order valence-electron chi connectivity index (χ4n) is 3.99. The van der Waals surface area contributed by atoms with Gasteiger partial charge in [-0.2, -0.15) is 0 Å². The summed E-state index contributed by atoms with van der Waals surface area (Å²) in [7, 11) is 0. The molecular weight excluding hydrogens is 366 g/mol. The molecule has 0 radical (unpaired) electrons. The number of amides is 2. The number of anilines is 1. The monoisotopic (exact) mass is 391 g/mol. The lowest BCUT2D eigenvalue weighted by Gasteiger charge is -2.37. The summed E-state index contributed by atoms with van der Waals surface area (Å²) in [5.74, 6) is -0.140. The summed E-state index contributed by atoms with van der Waals surface area (Å²) < 4.78 is 5.55. The van der Waals surface area contributed by atoms with Crippen LogP contribution >= 0.6 is 11.6 Å². The lowest BCUT2D eigenvalue weighted by molar-refractivity contribution is -0.144. The van der Waals surface area contributed by atoms with E-state index >= 15 is 0 Å². The number of benzene rings is 1. The van der Waals surface area contributed by atoms with Gasteiger partial charge in [-0.15, -0.1) is 0 Å². The molecule has 2 saturated heterocycles. The van der Waals surface area contributed by atoms with Crippen LogP contribution in [-0.2, 0) is 14.3 Å². The van der Waals surface area contributed by atoms with Crippen molar-refractivity contribution < 1.29 is 14.3 Å². The quantitative estimate of drug-likeness (QED) is 0.780. The molecule has 6 nitrogen and oxygen atoms in total. The van der Waals surface area contributed by atoms with Crippen LogP contribution in [0.25, 0.3) is 0 Å². The lowest BCUT2D eigenvalue weighted by Crippen LogP contribution is -2.53. The Bertz CT molecular complexity index is 708. The van der Waals surface area contributed by atoms with Crippen molar-refractivity contribution in [3.05, 3.63) is 29.3 Å². The van der Waals surface area contributed by atoms with Crippen molar-refractivity contribution in [3.63, 3.8) is 0 Å². The Morgan fingerprint density at radius 3 is 2.63 bits per heavy atom. The van der Waals surface area contributed by atoms with Crippen molar-refractivity contribution in [1.82, 2.24) is 10.2 Å². The average Bonchev–Trinajstić information content (AvgIpc) is 3.34. The van der Waals surface area contributed by atoms with Crippen LogP contribution in [0.1, 0.15) is 25.7 Å². The van der Waals surface area contributed by atoms with Gasteiger partial charge >= 0.3 is 0 Å². The summed E-state index contributed by atoms with van der Waals surface area (Å²) >= 11 is 6.08. The first-order valence-corrected chi connectivity index (χ1v) is 10.2. The van der Waals surface area contributed by atoms with Crippen LogP contribution in [-0.4, -0.2) is 62.1 Å². The third-order valence-corrected chi connectivity index (χ3v) is 6.08. The van der Waals surface area contributed by atoms with E-state index in [0.29, 0.717) is 37.5 Å². The molecule has 2 amide bonds. The highest BCUT2D eigenvalue weighted by atomic mass is 35.5. The molecule has 3 aliphatic rings. The van der Waals surface area contributed by atoms with Crippen molar-refractivity contribution in [2.45, 2.75) is 31.8 Å². The number of carbonyl (C=O) groups is 2. The van der Waals surface area contributed by atoms with Gasteiger partial charge < -0.3 is 19.9 Å². The highest BCUT2D eigenvalue weighted by Gasteiger charge is 2.58. The van der Waals surface area contributed by atoms with Crippen LogP contribution in [0.4, 0.5) is 5.69 Å². The van der Waals surface area contributed by atoms with Gasteiger partial charge in [-0.25, -0.2) is 0 Å². The third-order valence-electron chi connectivity index (χ3n) is 5.85. The van der Waals surface area contributed by atoms with E-state index in [-0.39, 0.29) is 17.9 Å². The predicted octanol–water partition coefficient (Wildman–Crippen LogP) is 2.06. The maximum atomic E-state index is 13.0. The Morgan fingerprint density at radius 2 is 2.00 bits per heavy atom. The molecule has 1 aromatic rings. The minimum absolute atomic E-state index is 0.0157. The summed E-state index contributed by atoms with van der Waals surface area (Å²) in [4.78, 5) is 29.7. The molecule has 2 aliphatic heterocycles. The Labute approximate surface area is 164 Å². The van der Waals surface area contributed by atoms with Gasteiger partial charge in [0.1, 0.15) is 5.41 Å². The normalized spacial score (nSPS) is 24.0. The fourth-order valence-corrected chi connectivity index (χ4v) is 4.17. The number of rotatable bonds is 5. The number of hydrogen-bond donors (Lipinski definition) is 1. The molecular formula is C20H26ClN3O3. The minimum Gasteiger partial charge on any atom is -0.376 e. The number of halogens is 1. The molecule has 0 bridgehead atoms. The number of ether oxygens (including phenoxy) is 1. The molecule has 1 aliphatic carbocycles. The van der Waals surface area contributed by atoms with Crippen LogP contribution in [0.5, 0.6) is 0 Å². The summed E-state index contributed by atoms with van der Waals surface area (Å²) in [6.07, 6.45) is 3.42. The van der Waals surface area contributed by atoms with Crippen LogP contribution in [0, 0.1) is 5.41 Å². The van der Waals surface area contributed by atoms with Gasteiger partial charge in [0.25, 0.3) is 0 Å². The van der Waals surface area contributed by atoms with Gasteiger partial charge in [-0.3, -0.25) is 9.59 Å². The molecule has 146 valence electrons. The van der Waals surface area contributed by atoms with E-state index in [9.17, 15) is 9.59 Å². The maximum absolute atomic E-state index is 13.0. The van der Waals surface area contributed by atoms with Gasteiger partial charge in [0, 0.05) is 50.0 Å². The van der Waals surface area contributed by atoms with E-state index in [1.54, 1.807) is 0 Å². The number of piperazine rings is 1.